The maximum atomic E-state index is 10.0. The first-order chi connectivity index (χ1) is 9.61. The van der Waals surface area contributed by atoms with Crippen LogP contribution in [0.25, 0.3) is 0 Å². The van der Waals surface area contributed by atoms with E-state index in [1.807, 2.05) is 24.3 Å². The molecule has 2 aromatic carbocycles. The first kappa shape index (κ1) is 15.2. The molecule has 0 spiro atoms. The van der Waals surface area contributed by atoms with E-state index in [4.69, 9.17) is 16.3 Å². The van der Waals surface area contributed by atoms with Crippen LogP contribution >= 0.6 is 27.5 Å². The van der Waals surface area contributed by atoms with E-state index in [9.17, 15) is 5.11 Å². The van der Waals surface area contributed by atoms with Crippen LogP contribution in [-0.4, -0.2) is 12.2 Å². The summed E-state index contributed by atoms with van der Waals surface area (Å²) < 4.78 is 6.14. The Kier molecular flexibility index (Phi) is 5.29. The molecule has 0 aliphatic heterocycles. The van der Waals surface area contributed by atoms with Gasteiger partial charge in [0, 0.05) is 34.2 Å². The standard InChI is InChI=1S/C15H15BrClNO2/c1-20-14-7-12(17)6-11(15(14)19)9-18-8-10-4-2-3-5-13(10)16/h2-7,18-19H,8-9H2,1H3. The minimum Gasteiger partial charge on any atom is -0.504 e. The zero-order valence-electron chi connectivity index (χ0n) is 11.0. The lowest BCUT2D eigenvalue weighted by Gasteiger charge is -2.11. The molecule has 0 amide bonds. The average Bonchev–Trinajstić information content (AvgIpc) is 2.44. The first-order valence-corrected chi connectivity index (χ1v) is 7.28. The van der Waals surface area contributed by atoms with Crippen molar-refractivity contribution in [2.24, 2.45) is 0 Å². The molecule has 106 valence electrons. The number of rotatable bonds is 5. The van der Waals surface area contributed by atoms with Gasteiger partial charge in [-0.25, -0.2) is 0 Å². The molecule has 0 fully saturated rings. The van der Waals surface area contributed by atoms with Gasteiger partial charge in [-0.2, -0.15) is 0 Å². The Hall–Kier alpha value is -1.23. The Bertz CT molecular complexity index is 604. The zero-order valence-corrected chi connectivity index (χ0v) is 13.3. The molecule has 0 aliphatic rings. The van der Waals surface area contributed by atoms with Crippen molar-refractivity contribution in [2.75, 3.05) is 7.11 Å². The van der Waals surface area contributed by atoms with Crippen LogP contribution in [0.3, 0.4) is 0 Å². The molecule has 20 heavy (non-hydrogen) atoms. The molecule has 0 aliphatic carbocycles. The molecular weight excluding hydrogens is 342 g/mol. The van der Waals surface area contributed by atoms with Gasteiger partial charge in [0.15, 0.2) is 11.5 Å². The van der Waals surface area contributed by atoms with E-state index in [0.29, 0.717) is 29.4 Å². The molecule has 0 saturated heterocycles. The number of phenols is 1. The molecule has 0 saturated carbocycles. The van der Waals surface area contributed by atoms with E-state index in [1.54, 1.807) is 12.1 Å². The van der Waals surface area contributed by atoms with E-state index in [-0.39, 0.29) is 5.75 Å². The predicted molar refractivity (Wildman–Crippen MR) is 84.4 cm³/mol. The van der Waals surface area contributed by atoms with Crippen molar-refractivity contribution in [1.29, 1.82) is 0 Å². The summed E-state index contributed by atoms with van der Waals surface area (Å²) in [5, 5.41) is 13.8. The second-order valence-corrected chi connectivity index (χ2v) is 5.60. The van der Waals surface area contributed by atoms with Gasteiger partial charge in [-0.1, -0.05) is 45.7 Å². The van der Waals surface area contributed by atoms with Crippen LogP contribution in [0.1, 0.15) is 11.1 Å². The summed E-state index contributed by atoms with van der Waals surface area (Å²) in [5.74, 6) is 0.506. The molecular formula is C15H15BrClNO2. The van der Waals surface area contributed by atoms with Crippen LogP contribution in [0.15, 0.2) is 40.9 Å². The molecule has 0 bridgehead atoms. The molecule has 2 rings (SSSR count). The second-order valence-electron chi connectivity index (χ2n) is 4.31. The topological polar surface area (TPSA) is 41.5 Å². The molecule has 0 radical (unpaired) electrons. The van der Waals surface area contributed by atoms with Crippen molar-refractivity contribution in [3.8, 4) is 11.5 Å². The fraction of sp³-hybridized carbons (Fsp3) is 0.200. The van der Waals surface area contributed by atoms with Crippen molar-refractivity contribution in [3.05, 3.63) is 57.0 Å². The number of hydrogen-bond acceptors (Lipinski definition) is 3. The van der Waals surface area contributed by atoms with Crippen LogP contribution in [0, 0.1) is 0 Å². The first-order valence-electron chi connectivity index (χ1n) is 6.11. The third-order valence-corrected chi connectivity index (χ3v) is 3.92. The number of aromatic hydroxyl groups is 1. The van der Waals surface area contributed by atoms with E-state index >= 15 is 0 Å². The number of halogens is 2. The van der Waals surface area contributed by atoms with Crippen LogP contribution in [-0.2, 0) is 13.1 Å². The molecule has 0 aromatic heterocycles. The fourth-order valence-electron chi connectivity index (χ4n) is 1.89. The van der Waals surface area contributed by atoms with Gasteiger partial charge in [0.1, 0.15) is 0 Å². The van der Waals surface area contributed by atoms with Gasteiger partial charge in [0.25, 0.3) is 0 Å². The second kappa shape index (κ2) is 6.97. The third-order valence-electron chi connectivity index (χ3n) is 2.93. The number of nitrogens with one attached hydrogen (secondary N) is 1. The Labute approximate surface area is 131 Å². The Balaban J connectivity index is 2.05. The summed E-state index contributed by atoms with van der Waals surface area (Å²) in [5.41, 5.74) is 1.86. The summed E-state index contributed by atoms with van der Waals surface area (Å²) in [7, 11) is 1.50. The van der Waals surface area contributed by atoms with E-state index in [2.05, 4.69) is 21.2 Å². The number of hydrogen-bond donors (Lipinski definition) is 2. The highest BCUT2D eigenvalue weighted by molar-refractivity contribution is 9.10. The molecule has 3 nitrogen and oxygen atoms in total. The third kappa shape index (κ3) is 3.66. The van der Waals surface area contributed by atoms with Crippen molar-refractivity contribution < 1.29 is 9.84 Å². The highest BCUT2D eigenvalue weighted by Gasteiger charge is 2.09. The Morgan fingerprint density at radius 2 is 1.90 bits per heavy atom. The predicted octanol–water partition coefficient (Wildman–Crippen LogP) is 4.11. The SMILES string of the molecule is COc1cc(Cl)cc(CNCc2ccccc2Br)c1O. The molecule has 0 atom stereocenters. The summed E-state index contributed by atoms with van der Waals surface area (Å²) in [6, 6.07) is 11.3. The lowest BCUT2D eigenvalue weighted by Crippen LogP contribution is -2.13. The highest BCUT2D eigenvalue weighted by Crippen LogP contribution is 2.33. The van der Waals surface area contributed by atoms with Crippen LogP contribution in [0.2, 0.25) is 5.02 Å². The van der Waals surface area contributed by atoms with Gasteiger partial charge in [-0.15, -0.1) is 0 Å². The quantitative estimate of drug-likeness (QED) is 0.847. The largest absolute Gasteiger partial charge is 0.504 e. The van der Waals surface area contributed by atoms with E-state index in [1.165, 1.54) is 7.11 Å². The number of benzene rings is 2. The van der Waals surface area contributed by atoms with Gasteiger partial charge >= 0.3 is 0 Å². The van der Waals surface area contributed by atoms with Gasteiger partial charge in [-0.05, 0) is 17.7 Å². The zero-order chi connectivity index (χ0) is 14.5. The van der Waals surface area contributed by atoms with Crippen molar-refractivity contribution in [1.82, 2.24) is 5.32 Å². The molecule has 2 N–H and O–H groups in total. The summed E-state index contributed by atoms with van der Waals surface area (Å²) in [6.45, 7) is 1.19. The van der Waals surface area contributed by atoms with Crippen LogP contribution < -0.4 is 10.1 Å². The molecule has 0 unspecified atom stereocenters. The smallest absolute Gasteiger partial charge is 0.162 e. The maximum absolute atomic E-state index is 10.0. The Morgan fingerprint density at radius 1 is 1.20 bits per heavy atom. The highest BCUT2D eigenvalue weighted by atomic mass is 79.9. The van der Waals surface area contributed by atoms with E-state index < -0.39 is 0 Å². The Morgan fingerprint density at radius 3 is 2.60 bits per heavy atom. The normalized spacial score (nSPS) is 10.6. The number of ether oxygens (including phenoxy) is 1. The monoisotopic (exact) mass is 355 g/mol. The van der Waals surface area contributed by atoms with Gasteiger partial charge in [-0.3, -0.25) is 0 Å². The molecule has 5 heteroatoms. The number of phenolic OH excluding ortho intramolecular Hbond substituents is 1. The average molecular weight is 357 g/mol. The van der Waals surface area contributed by atoms with Gasteiger partial charge < -0.3 is 15.2 Å². The lowest BCUT2D eigenvalue weighted by molar-refractivity contribution is 0.369. The van der Waals surface area contributed by atoms with Crippen LogP contribution in [0.5, 0.6) is 11.5 Å². The maximum Gasteiger partial charge on any atom is 0.162 e. The summed E-state index contributed by atoms with van der Waals surface area (Å²) >= 11 is 9.50. The van der Waals surface area contributed by atoms with Crippen molar-refractivity contribution in [2.45, 2.75) is 13.1 Å². The van der Waals surface area contributed by atoms with Crippen molar-refractivity contribution >= 4 is 27.5 Å². The molecule has 0 heterocycles. The van der Waals surface area contributed by atoms with E-state index in [0.717, 1.165) is 10.0 Å². The van der Waals surface area contributed by atoms with Gasteiger partial charge in [0.2, 0.25) is 0 Å². The molecule has 2 aromatic rings. The minimum atomic E-state index is 0.122. The lowest BCUT2D eigenvalue weighted by atomic mass is 10.1. The number of methoxy groups -OCH3 is 1. The summed E-state index contributed by atoms with van der Waals surface area (Å²) in [6.07, 6.45) is 0. The summed E-state index contributed by atoms with van der Waals surface area (Å²) in [4.78, 5) is 0. The van der Waals surface area contributed by atoms with Gasteiger partial charge in [0.05, 0.1) is 7.11 Å². The van der Waals surface area contributed by atoms with Crippen LogP contribution in [0.4, 0.5) is 0 Å². The van der Waals surface area contributed by atoms with Crippen molar-refractivity contribution in [3.63, 3.8) is 0 Å². The minimum absolute atomic E-state index is 0.122. The fourth-order valence-corrected chi connectivity index (χ4v) is 2.55.